The molecule has 1 N–H and O–H groups in total. The number of rotatable bonds is 2. The molecule has 0 bridgehead atoms. The zero-order valence-electron chi connectivity index (χ0n) is 11.4. The van der Waals surface area contributed by atoms with Crippen LogP contribution < -0.4 is 0 Å². The topological polar surface area (TPSA) is 42.4 Å². The van der Waals surface area contributed by atoms with Gasteiger partial charge in [0.05, 0.1) is 22.4 Å². The zero-order chi connectivity index (χ0) is 14.0. The van der Waals surface area contributed by atoms with E-state index in [0.29, 0.717) is 5.02 Å². The van der Waals surface area contributed by atoms with Gasteiger partial charge in [0.2, 0.25) is 0 Å². The standard InChI is InChI=1S/C15H20ClNO2S/c16-12-1-2-13(17-10-12)14(18)11-3-6-19-15(9-11)4-7-20-8-5-15/h1-2,10-11,14,18H,3-9H2. The molecule has 0 saturated carbocycles. The molecule has 1 aromatic heterocycles. The van der Waals surface area contributed by atoms with Crippen LogP contribution in [-0.2, 0) is 4.74 Å². The minimum Gasteiger partial charge on any atom is -0.387 e. The summed E-state index contributed by atoms with van der Waals surface area (Å²) >= 11 is 7.85. The highest BCUT2D eigenvalue weighted by molar-refractivity contribution is 7.99. The van der Waals surface area contributed by atoms with Crippen molar-refractivity contribution in [2.24, 2.45) is 5.92 Å². The van der Waals surface area contributed by atoms with E-state index in [1.807, 2.05) is 17.8 Å². The van der Waals surface area contributed by atoms with Gasteiger partial charge in [0.15, 0.2) is 0 Å². The lowest BCUT2D eigenvalue weighted by Crippen LogP contribution is -2.44. The summed E-state index contributed by atoms with van der Waals surface area (Å²) in [5, 5.41) is 11.2. The number of aliphatic hydroxyl groups is 1. The van der Waals surface area contributed by atoms with Crippen LogP contribution in [0, 0.1) is 5.92 Å². The lowest BCUT2D eigenvalue weighted by Gasteiger charge is -2.44. The molecule has 0 aromatic carbocycles. The molecule has 0 radical (unpaired) electrons. The van der Waals surface area contributed by atoms with Crippen molar-refractivity contribution in [3.8, 4) is 0 Å². The van der Waals surface area contributed by atoms with Gasteiger partial charge >= 0.3 is 0 Å². The lowest BCUT2D eigenvalue weighted by molar-refractivity contribution is -0.121. The van der Waals surface area contributed by atoms with Crippen LogP contribution >= 0.6 is 23.4 Å². The average molecular weight is 314 g/mol. The summed E-state index contributed by atoms with van der Waals surface area (Å²) in [6.07, 6.45) is 5.15. The quantitative estimate of drug-likeness (QED) is 0.908. The molecule has 2 atom stereocenters. The van der Waals surface area contributed by atoms with Gasteiger partial charge in [-0.25, -0.2) is 0 Å². The van der Waals surface area contributed by atoms with E-state index in [0.717, 1.165) is 38.0 Å². The number of hydrogen-bond donors (Lipinski definition) is 1. The summed E-state index contributed by atoms with van der Waals surface area (Å²) in [6, 6.07) is 3.62. The maximum atomic E-state index is 10.6. The van der Waals surface area contributed by atoms with Crippen molar-refractivity contribution < 1.29 is 9.84 Å². The maximum absolute atomic E-state index is 10.6. The van der Waals surface area contributed by atoms with Gasteiger partial charge in [-0.15, -0.1) is 0 Å². The summed E-state index contributed by atoms with van der Waals surface area (Å²) in [4.78, 5) is 4.26. The largest absolute Gasteiger partial charge is 0.387 e. The van der Waals surface area contributed by atoms with E-state index in [1.165, 1.54) is 11.5 Å². The number of hydrogen-bond acceptors (Lipinski definition) is 4. The molecule has 20 heavy (non-hydrogen) atoms. The first kappa shape index (κ1) is 14.6. The number of nitrogens with zero attached hydrogens (tertiary/aromatic N) is 1. The molecule has 3 nitrogen and oxygen atoms in total. The second-order valence-electron chi connectivity index (χ2n) is 5.74. The van der Waals surface area contributed by atoms with E-state index in [9.17, 15) is 5.11 Å². The smallest absolute Gasteiger partial charge is 0.0989 e. The van der Waals surface area contributed by atoms with Crippen LogP contribution in [0.3, 0.4) is 0 Å². The van der Waals surface area contributed by atoms with Gasteiger partial charge in [0, 0.05) is 12.8 Å². The van der Waals surface area contributed by atoms with Crippen molar-refractivity contribution in [3.05, 3.63) is 29.0 Å². The number of aromatic nitrogens is 1. The molecule has 0 amide bonds. The first-order valence-electron chi connectivity index (χ1n) is 7.20. The van der Waals surface area contributed by atoms with Crippen molar-refractivity contribution in [2.45, 2.75) is 37.4 Å². The molecule has 5 heteroatoms. The van der Waals surface area contributed by atoms with Crippen LogP contribution in [0.15, 0.2) is 18.3 Å². The number of ether oxygens (including phenoxy) is 1. The predicted molar refractivity (Wildman–Crippen MR) is 82.2 cm³/mol. The van der Waals surface area contributed by atoms with Gasteiger partial charge in [-0.05, 0) is 55.2 Å². The summed E-state index contributed by atoms with van der Waals surface area (Å²) in [7, 11) is 0. The van der Waals surface area contributed by atoms with Crippen LogP contribution in [0.25, 0.3) is 0 Å². The van der Waals surface area contributed by atoms with Crippen molar-refractivity contribution in [2.75, 3.05) is 18.1 Å². The Labute approximate surface area is 129 Å². The monoisotopic (exact) mass is 313 g/mol. The Morgan fingerprint density at radius 2 is 2.20 bits per heavy atom. The van der Waals surface area contributed by atoms with Crippen molar-refractivity contribution in [3.63, 3.8) is 0 Å². The Hall–Kier alpha value is -0.290. The summed E-state index contributed by atoms with van der Waals surface area (Å²) in [6.45, 7) is 0.750. The van der Waals surface area contributed by atoms with Gasteiger partial charge in [-0.1, -0.05) is 11.6 Å². The fourth-order valence-corrected chi connectivity index (χ4v) is 4.58. The van der Waals surface area contributed by atoms with Crippen molar-refractivity contribution >= 4 is 23.4 Å². The molecule has 2 aliphatic rings. The Morgan fingerprint density at radius 3 is 2.90 bits per heavy atom. The van der Waals surface area contributed by atoms with E-state index in [-0.39, 0.29) is 11.5 Å². The second kappa shape index (κ2) is 6.22. The molecule has 2 aliphatic heterocycles. The molecule has 0 aliphatic carbocycles. The molecule has 1 aromatic rings. The van der Waals surface area contributed by atoms with E-state index in [1.54, 1.807) is 12.3 Å². The fourth-order valence-electron chi connectivity index (χ4n) is 3.23. The molecular formula is C15H20ClNO2S. The van der Waals surface area contributed by atoms with Gasteiger partial charge in [-0.3, -0.25) is 4.98 Å². The molecule has 110 valence electrons. The second-order valence-corrected chi connectivity index (χ2v) is 7.40. The third kappa shape index (κ3) is 3.14. The third-order valence-corrected chi connectivity index (χ3v) is 5.64. The highest BCUT2D eigenvalue weighted by Gasteiger charge is 2.41. The van der Waals surface area contributed by atoms with Crippen LogP contribution in [0.2, 0.25) is 5.02 Å². The van der Waals surface area contributed by atoms with E-state index < -0.39 is 6.10 Å². The molecule has 2 fully saturated rings. The first-order valence-corrected chi connectivity index (χ1v) is 8.73. The number of thioether (sulfide) groups is 1. The predicted octanol–water partition coefficient (Wildman–Crippen LogP) is 3.46. The molecule has 1 spiro atoms. The van der Waals surface area contributed by atoms with Crippen LogP contribution in [0.1, 0.15) is 37.5 Å². The number of pyridine rings is 1. The number of halogens is 1. The van der Waals surface area contributed by atoms with Gasteiger partial charge in [-0.2, -0.15) is 11.8 Å². The summed E-state index contributed by atoms with van der Waals surface area (Å²) in [5.74, 6) is 2.57. The van der Waals surface area contributed by atoms with E-state index in [2.05, 4.69) is 4.98 Å². The molecule has 2 saturated heterocycles. The highest BCUT2D eigenvalue weighted by atomic mass is 35.5. The Morgan fingerprint density at radius 1 is 1.40 bits per heavy atom. The van der Waals surface area contributed by atoms with Gasteiger partial charge in [0.25, 0.3) is 0 Å². The van der Waals surface area contributed by atoms with E-state index >= 15 is 0 Å². The summed E-state index contributed by atoms with van der Waals surface area (Å²) in [5.41, 5.74) is 0.725. The summed E-state index contributed by atoms with van der Waals surface area (Å²) < 4.78 is 6.08. The van der Waals surface area contributed by atoms with Crippen molar-refractivity contribution in [1.29, 1.82) is 0 Å². The van der Waals surface area contributed by atoms with Crippen LogP contribution in [-0.4, -0.2) is 33.8 Å². The zero-order valence-corrected chi connectivity index (χ0v) is 13.0. The fraction of sp³-hybridized carbons (Fsp3) is 0.667. The van der Waals surface area contributed by atoms with E-state index in [4.69, 9.17) is 16.3 Å². The number of aliphatic hydroxyl groups excluding tert-OH is 1. The van der Waals surface area contributed by atoms with Crippen LogP contribution in [0.4, 0.5) is 0 Å². The first-order chi connectivity index (χ1) is 9.69. The average Bonchev–Trinajstić information content (AvgIpc) is 2.48. The normalized spacial score (nSPS) is 27.4. The molecule has 3 rings (SSSR count). The lowest BCUT2D eigenvalue weighted by atomic mass is 9.79. The van der Waals surface area contributed by atoms with Crippen molar-refractivity contribution in [1.82, 2.24) is 4.98 Å². The Balaban J connectivity index is 1.71. The molecular weight excluding hydrogens is 294 g/mol. The van der Waals surface area contributed by atoms with Gasteiger partial charge < -0.3 is 9.84 Å². The minimum absolute atomic E-state index is 0.00156. The SMILES string of the molecule is OC(c1ccc(Cl)cn1)C1CCOC2(CCSCC2)C1. The van der Waals surface area contributed by atoms with Gasteiger partial charge in [0.1, 0.15) is 0 Å². The molecule has 2 unspecified atom stereocenters. The Kier molecular flexibility index (Phi) is 4.55. The molecule has 3 heterocycles. The van der Waals surface area contributed by atoms with Crippen LogP contribution in [0.5, 0.6) is 0 Å². The minimum atomic E-state index is -0.511. The highest BCUT2D eigenvalue weighted by Crippen LogP contribution is 2.43. The Bertz CT molecular complexity index is 442. The maximum Gasteiger partial charge on any atom is 0.0989 e. The third-order valence-electron chi connectivity index (χ3n) is 4.43.